The molecular formula is C29H34N4O4. The van der Waals surface area contributed by atoms with Gasteiger partial charge in [-0.1, -0.05) is 36.4 Å². The van der Waals surface area contributed by atoms with Crippen molar-refractivity contribution in [2.75, 3.05) is 18.5 Å². The Kier molecular flexibility index (Phi) is 7.53. The van der Waals surface area contributed by atoms with Crippen LogP contribution in [0.2, 0.25) is 0 Å². The molecule has 2 aliphatic rings. The molecule has 194 valence electrons. The van der Waals surface area contributed by atoms with Crippen molar-refractivity contribution in [2.24, 2.45) is 0 Å². The number of anilines is 1. The van der Waals surface area contributed by atoms with E-state index in [0.717, 1.165) is 40.8 Å². The molecule has 0 bridgehead atoms. The molecule has 2 atom stereocenters. The molecule has 4 rings (SSSR count). The van der Waals surface area contributed by atoms with Crippen LogP contribution in [-0.2, 0) is 27.2 Å². The van der Waals surface area contributed by atoms with Gasteiger partial charge in [0.25, 0.3) is 0 Å². The van der Waals surface area contributed by atoms with Gasteiger partial charge in [-0.15, -0.1) is 0 Å². The molecule has 2 heterocycles. The number of hydrogen-bond donors (Lipinski definition) is 1. The number of nitrogens with zero attached hydrogens (tertiary/aromatic N) is 3. The zero-order valence-electron chi connectivity index (χ0n) is 21.9. The summed E-state index contributed by atoms with van der Waals surface area (Å²) >= 11 is 0. The summed E-state index contributed by atoms with van der Waals surface area (Å²) in [6, 6.07) is 14.7. The minimum Gasteiger partial charge on any atom is -0.444 e. The van der Waals surface area contributed by atoms with Crippen molar-refractivity contribution in [3.63, 3.8) is 0 Å². The highest BCUT2D eigenvalue weighted by atomic mass is 16.6. The van der Waals surface area contributed by atoms with Gasteiger partial charge in [-0.05, 0) is 68.4 Å². The number of ether oxygens (including phenoxy) is 1. The molecule has 0 radical (unpaired) electrons. The Morgan fingerprint density at radius 3 is 2.51 bits per heavy atom. The number of hydrogen-bond acceptors (Lipinski definition) is 5. The van der Waals surface area contributed by atoms with E-state index in [1.807, 2.05) is 42.5 Å². The van der Waals surface area contributed by atoms with Crippen LogP contribution >= 0.6 is 0 Å². The number of likely N-dealkylation sites (tertiary alicyclic amines) is 1. The van der Waals surface area contributed by atoms with E-state index in [2.05, 4.69) is 11.4 Å². The number of fused-ring (bicyclic) bond motifs is 1. The van der Waals surface area contributed by atoms with Crippen LogP contribution < -0.4 is 10.2 Å². The van der Waals surface area contributed by atoms with Gasteiger partial charge < -0.3 is 15.0 Å². The van der Waals surface area contributed by atoms with E-state index in [-0.39, 0.29) is 11.8 Å². The molecule has 1 saturated heterocycles. The van der Waals surface area contributed by atoms with Crippen LogP contribution in [0.15, 0.2) is 42.5 Å². The average Bonchev–Trinajstić information content (AvgIpc) is 3.15. The molecule has 8 heteroatoms. The van der Waals surface area contributed by atoms with E-state index >= 15 is 0 Å². The lowest BCUT2D eigenvalue weighted by Gasteiger charge is -2.36. The second-order valence-corrected chi connectivity index (χ2v) is 10.7. The van der Waals surface area contributed by atoms with E-state index in [0.29, 0.717) is 25.8 Å². The predicted octanol–water partition coefficient (Wildman–Crippen LogP) is 4.21. The summed E-state index contributed by atoms with van der Waals surface area (Å²) in [7, 11) is 1.79. The topological polar surface area (TPSA) is 103 Å². The first-order valence-corrected chi connectivity index (χ1v) is 12.7. The Morgan fingerprint density at radius 1 is 1.14 bits per heavy atom. The molecule has 8 nitrogen and oxygen atoms in total. The molecular weight excluding hydrogens is 468 g/mol. The summed E-state index contributed by atoms with van der Waals surface area (Å²) in [5.74, 6) is -0.236. The lowest BCUT2D eigenvalue weighted by atomic mass is 9.98. The van der Waals surface area contributed by atoms with Gasteiger partial charge in [0.1, 0.15) is 17.7 Å². The SMILES string of the molecule is CN1C(=O)Cc2ccc(-c3ccc(C[C@@H](C#N)NC(=O)[C@@H]4CCCCN4C(=O)OC(C)(C)C)cc3)cc21. The Morgan fingerprint density at radius 2 is 1.84 bits per heavy atom. The second-order valence-electron chi connectivity index (χ2n) is 10.7. The largest absolute Gasteiger partial charge is 0.444 e. The molecule has 0 aromatic heterocycles. The Bertz CT molecular complexity index is 1230. The van der Waals surface area contributed by atoms with Crippen molar-refractivity contribution in [2.45, 2.75) is 70.6 Å². The molecule has 1 fully saturated rings. The van der Waals surface area contributed by atoms with Crippen LogP contribution in [0.25, 0.3) is 11.1 Å². The summed E-state index contributed by atoms with van der Waals surface area (Å²) in [5, 5.41) is 12.6. The maximum atomic E-state index is 13.1. The number of benzene rings is 2. The first-order valence-electron chi connectivity index (χ1n) is 12.7. The van der Waals surface area contributed by atoms with Crippen LogP contribution in [0.4, 0.5) is 10.5 Å². The maximum Gasteiger partial charge on any atom is 0.410 e. The van der Waals surface area contributed by atoms with E-state index in [9.17, 15) is 19.6 Å². The summed E-state index contributed by atoms with van der Waals surface area (Å²) in [5.41, 5.74) is 4.25. The van der Waals surface area contributed by atoms with Crippen molar-refractivity contribution in [1.82, 2.24) is 10.2 Å². The number of rotatable bonds is 5. The van der Waals surface area contributed by atoms with Crippen molar-refractivity contribution in [1.29, 1.82) is 5.26 Å². The van der Waals surface area contributed by atoms with Gasteiger partial charge in [0, 0.05) is 25.7 Å². The van der Waals surface area contributed by atoms with Gasteiger partial charge >= 0.3 is 6.09 Å². The molecule has 1 N–H and O–H groups in total. The first-order chi connectivity index (χ1) is 17.6. The quantitative estimate of drug-likeness (QED) is 0.660. The number of carbonyl (C=O) groups is 3. The van der Waals surface area contributed by atoms with Gasteiger partial charge in [-0.3, -0.25) is 14.5 Å². The summed E-state index contributed by atoms with van der Waals surface area (Å²) in [6.45, 7) is 5.85. The van der Waals surface area contributed by atoms with E-state index in [4.69, 9.17) is 4.74 Å². The number of carbonyl (C=O) groups excluding carboxylic acids is 3. The summed E-state index contributed by atoms with van der Waals surface area (Å²) in [4.78, 5) is 40.9. The fourth-order valence-corrected chi connectivity index (χ4v) is 4.83. The normalized spacial score (nSPS) is 18.1. The van der Waals surface area contributed by atoms with Crippen molar-refractivity contribution < 1.29 is 19.1 Å². The lowest BCUT2D eigenvalue weighted by molar-refractivity contribution is -0.128. The molecule has 0 spiro atoms. The maximum absolute atomic E-state index is 13.1. The minimum absolute atomic E-state index is 0.0922. The Labute approximate surface area is 218 Å². The van der Waals surface area contributed by atoms with E-state index in [1.54, 1.807) is 32.7 Å². The molecule has 2 aromatic carbocycles. The zero-order chi connectivity index (χ0) is 26.7. The number of likely N-dealkylation sites (N-methyl/N-ethyl adjacent to an activating group) is 1. The zero-order valence-corrected chi connectivity index (χ0v) is 21.9. The highest BCUT2D eigenvalue weighted by Crippen LogP contribution is 2.32. The highest BCUT2D eigenvalue weighted by Gasteiger charge is 2.35. The van der Waals surface area contributed by atoms with E-state index < -0.39 is 23.8 Å². The molecule has 0 aliphatic carbocycles. The minimum atomic E-state index is -0.722. The van der Waals surface area contributed by atoms with Crippen molar-refractivity contribution >= 4 is 23.6 Å². The predicted molar refractivity (Wildman–Crippen MR) is 141 cm³/mol. The fraction of sp³-hybridized carbons (Fsp3) is 0.448. The van der Waals surface area contributed by atoms with Gasteiger partial charge in [-0.25, -0.2) is 4.79 Å². The van der Waals surface area contributed by atoms with Crippen LogP contribution in [0.5, 0.6) is 0 Å². The van der Waals surface area contributed by atoms with Gasteiger partial charge in [-0.2, -0.15) is 5.26 Å². The molecule has 37 heavy (non-hydrogen) atoms. The lowest BCUT2D eigenvalue weighted by Crippen LogP contribution is -2.54. The molecule has 3 amide bonds. The first kappa shape index (κ1) is 26.2. The number of amides is 3. The average molecular weight is 503 g/mol. The smallest absolute Gasteiger partial charge is 0.410 e. The Balaban J connectivity index is 1.40. The van der Waals surface area contributed by atoms with Crippen LogP contribution in [-0.4, -0.2) is 54.1 Å². The fourth-order valence-electron chi connectivity index (χ4n) is 4.83. The van der Waals surface area contributed by atoms with E-state index in [1.165, 1.54) is 4.90 Å². The third-order valence-corrected chi connectivity index (χ3v) is 6.80. The highest BCUT2D eigenvalue weighted by molar-refractivity contribution is 6.01. The third kappa shape index (κ3) is 6.11. The second kappa shape index (κ2) is 10.6. The summed E-state index contributed by atoms with van der Waals surface area (Å²) in [6.07, 6.45) is 2.47. The summed E-state index contributed by atoms with van der Waals surface area (Å²) < 4.78 is 5.49. The standard InChI is InChI=1S/C29H34N4O4/c1-29(2,3)37-28(36)33-14-6-5-7-24(33)27(35)31-23(18-30)15-19-8-10-20(11-9-19)21-12-13-22-17-26(34)32(4)25(22)16-21/h8-13,16,23-24H,5-7,14-15,17H2,1-4H3,(H,31,35)/t23-,24-/m0/s1. The molecule has 2 aliphatic heterocycles. The molecule has 2 aromatic rings. The monoisotopic (exact) mass is 502 g/mol. The van der Waals surface area contributed by atoms with Crippen molar-refractivity contribution in [3.8, 4) is 17.2 Å². The van der Waals surface area contributed by atoms with Crippen LogP contribution in [0.1, 0.15) is 51.2 Å². The van der Waals surface area contributed by atoms with Crippen LogP contribution in [0.3, 0.4) is 0 Å². The molecule has 0 saturated carbocycles. The molecule has 0 unspecified atom stereocenters. The third-order valence-electron chi connectivity index (χ3n) is 6.80. The van der Waals surface area contributed by atoms with Gasteiger partial charge in [0.15, 0.2) is 0 Å². The Hall–Kier alpha value is -3.86. The van der Waals surface area contributed by atoms with Gasteiger partial charge in [0.05, 0.1) is 12.5 Å². The number of nitrogens with one attached hydrogen (secondary N) is 1. The number of nitriles is 1. The van der Waals surface area contributed by atoms with Gasteiger partial charge in [0.2, 0.25) is 11.8 Å². The number of piperidine rings is 1. The van der Waals surface area contributed by atoms with Crippen LogP contribution in [0, 0.1) is 11.3 Å². The van der Waals surface area contributed by atoms with Crippen molar-refractivity contribution in [3.05, 3.63) is 53.6 Å².